The van der Waals surface area contributed by atoms with Gasteiger partial charge in [0.05, 0.1) is 17.2 Å². The van der Waals surface area contributed by atoms with Crippen molar-refractivity contribution in [2.24, 2.45) is 0 Å². The van der Waals surface area contributed by atoms with Crippen LogP contribution in [0.3, 0.4) is 0 Å². The second kappa shape index (κ2) is 6.13. The number of aryl methyl sites for hydroxylation is 1. The first-order valence-electron chi connectivity index (χ1n) is 7.43. The fraction of sp³-hybridized carbons (Fsp3) is 0.167. The van der Waals surface area contributed by atoms with Gasteiger partial charge in [-0.25, -0.2) is 0 Å². The predicted molar refractivity (Wildman–Crippen MR) is 92.8 cm³/mol. The summed E-state index contributed by atoms with van der Waals surface area (Å²) < 4.78 is 33.2. The molecule has 2 aromatic carbocycles. The minimum atomic E-state index is -3.64. The van der Waals surface area contributed by atoms with Crippen LogP contribution in [0.15, 0.2) is 57.7 Å². The van der Waals surface area contributed by atoms with Crippen LogP contribution in [0.25, 0.3) is 22.1 Å². The van der Waals surface area contributed by atoms with E-state index in [1.165, 1.54) is 18.2 Å². The van der Waals surface area contributed by atoms with Crippen molar-refractivity contribution in [2.75, 3.05) is 6.26 Å². The first-order valence-corrected chi connectivity index (χ1v) is 9.25. The summed E-state index contributed by atoms with van der Waals surface area (Å²) >= 11 is 0. The van der Waals surface area contributed by atoms with Gasteiger partial charge >= 0.3 is 10.1 Å². The van der Waals surface area contributed by atoms with Crippen LogP contribution >= 0.6 is 0 Å². The van der Waals surface area contributed by atoms with Gasteiger partial charge in [-0.1, -0.05) is 37.3 Å². The summed E-state index contributed by atoms with van der Waals surface area (Å²) in [5, 5.41) is 0.381. The molecule has 24 heavy (non-hydrogen) atoms. The van der Waals surface area contributed by atoms with Crippen LogP contribution in [0.5, 0.6) is 5.75 Å². The lowest BCUT2D eigenvalue weighted by atomic mass is 10.0. The normalized spacial score (nSPS) is 11.6. The van der Waals surface area contributed by atoms with Gasteiger partial charge in [0.25, 0.3) is 0 Å². The Bertz CT molecular complexity index is 1050. The van der Waals surface area contributed by atoms with Crippen LogP contribution in [0.1, 0.15) is 12.7 Å². The van der Waals surface area contributed by atoms with E-state index in [0.29, 0.717) is 28.7 Å². The van der Waals surface area contributed by atoms with E-state index in [2.05, 4.69) is 0 Å². The molecule has 1 heterocycles. The molecular weight excluding hydrogens is 328 g/mol. The van der Waals surface area contributed by atoms with Crippen molar-refractivity contribution in [3.8, 4) is 16.9 Å². The van der Waals surface area contributed by atoms with Crippen LogP contribution < -0.4 is 9.61 Å². The highest BCUT2D eigenvalue weighted by molar-refractivity contribution is 7.86. The highest BCUT2D eigenvalue weighted by Crippen LogP contribution is 2.27. The van der Waals surface area contributed by atoms with E-state index in [1.807, 2.05) is 37.3 Å². The largest absolute Gasteiger partial charge is 0.460 e. The lowest BCUT2D eigenvalue weighted by Gasteiger charge is -2.10. The lowest BCUT2D eigenvalue weighted by Crippen LogP contribution is -2.10. The summed E-state index contributed by atoms with van der Waals surface area (Å²) in [5.74, 6) is 0.665. The average Bonchev–Trinajstić information content (AvgIpc) is 2.53. The van der Waals surface area contributed by atoms with E-state index < -0.39 is 10.1 Å². The summed E-state index contributed by atoms with van der Waals surface area (Å²) in [5.41, 5.74) is 1.48. The maximum Gasteiger partial charge on any atom is 0.306 e. The van der Waals surface area contributed by atoms with Crippen molar-refractivity contribution in [3.05, 3.63) is 64.5 Å². The fourth-order valence-electron chi connectivity index (χ4n) is 2.59. The molecule has 0 saturated carbocycles. The molecule has 5 nitrogen and oxygen atoms in total. The van der Waals surface area contributed by atoms with E-state index in [1.54, 1.807) is 0 Å². The van der Waals surface area contributed by atoms with E-state index in [4.69, 9.17) is 8.60 Å². The third kappa shape index (κ3) is 3.19. The van der Waals surface area contributed by atoms with Crippen LogP contribution in [-0.4, -0.2) is 14.7 Å². The second-order valence-electron chi connectivity index (χ2n) is 5.39. The molecule has 0 fully saturated rings. The summed E-state index contributed by atoms with van der Waals surface area (Å²) in [6.07, 6.45) is 1.50. The van der Waals surface area contributed by atoms with Crippen LogP contribution in [0.4, 0.5) is 0 Å². The first kappa shape index (κ1) is 16.3. The zero-order valence-electron chi connectivity index (χ0n) is 13.3. The molecule has 0 aliphatic heterocycles. The van der Waals surface area contributed by atoms with Crippen LogP contribution in [0.2, 0.25) is 0 Å². The number of fused-ring (bicyclic) bond motifs is 1. The Balaban J connectivity index is 2.25. The monoisotopic (exact) mass is 344 g/mol. The van der Waals surface area contributed by atoms with Gasteiger partial charge in [0.2, 0.25) is 5.43 Å². The van der Waals surface area contributed by atoms with Gasteiger partial charge in [-0.05, 0) is 17.7 Å². The molecule has 0 radical (unpaired) electrons. The number of hydrogen-bond acceptors (Lipinski definition) is 5. The molecule has 0 atom stereocenters. The van der Waals surface area contributed by atoms with Crippen LogP contribution in [0, 0.1) is 0 Å². The van der Waals surface area contributed by atoms with Crippen molar-refractivity contribution in [1.29, 1.82) is 0 Å². The first-order chi connectivity index (χ1) is 11.4. The molecular formula is C18H16O5S. The molecule has 0 unspecified atom stereocenters. The molecule has 124 valence electrons. The zero-order chi connectivity index (χ0) is 17.3. The minimum Gasteiger partial charge on any atom is -0.460 e. The minimum absolute atomic E-state index is 0.114. The molecule has 0 N–H and O–H groups in total. The Labute approximate surface area is 139 Å². The van der Waals surface area contributed by atoms with Gasteiger partial charge in [-0.2, -0.15) is 8.42 Å². The summed E-state index contributed by atoms with van der Waals surface area (Å²) in [4.78, 5) is 12.9. The van der Waals surface area contributed by atoms with Crippen molar-refractivity contribution in [2.45, 2.75) is 13.3 Å². The van der Waals surface area contributed by atoms with Gasteiger partial charge in [-0.3, -0.25) is 4.79 Å². The Hall–Kier alpha value is -2.60. The molecule has 3 rings (SSSR count). The maximum atomic E-state index is 12.9. The number of rotatable bonds is 4. The van der Waals surface area contributed by atoms with Crippen molar-refractivity contribution in [1.82, 2.24) is 0 Å². The molecule has 0 amide bonds. The van der Waals surface area contributed by atoms with Gasteiger partial charge in [-0.15, -0.1) is 0 Å². The SMILES string of the molecule is CCc1oc2cc(OS(C)(=O)=O)ccc2c(=O)c1-c1ccccc1. The third-order valence-corrected chi connectivity index (χ3v) is 4.06. The molecule has 0 aliphatic carbocycles. The molecule has 1 aromatic heterocycles. The molecule has 6 heteroatoms. The Morgan fingerprint density at radius 1 is 1.08 bits per heavy atom. The number of hydrogen-bond donors (Lipinski definition) is 0. The third-order valence-electron chi connectivity index (χ3n) is 3.57. The highest BCUT2D eigenvalue weighted by atomic mass is 32.2. The highest BCUT2D eigenvalue weighted by Gasteiger charge is 2.16. The number of benzene rings is 2. The Morgan fingerprint density at radius 3 is 2.42 bits per heavy atom. The fourth-order valence-corrected chi connectivity index (χ4v) is 3.05. The molecule has 0 aliphatic rings. The lowest BCUT2D eigenvalue weighted by molar-refractivity contribution is 0.491. The summed E-state index contributed by atoms with van der Waals surface area (Å²) in [7, 11) is -3.64. The average molecular weight is 344 g/mol. The van der Waals surface area contributed by atoms with E-state index >= 15 is 0 Å². The Morgan fingerprint density at radius 2 is 1.79 bits per heavy atom. The molecule has 0 bridgehead atoms. The maximum absolute atomic E-state index is 12.9. The van der Waals surface area contributed by atoms with E-state index in [-0.39, 0.29) is 11.2 Å². The standard InChI is InChI=1S/C18H16O5S/c1-3-15-17(12-7-5-4-6-8-12)18(19)14-10-9-13(11-16(14)22-15)23-24(2,20)21/h4-11H,3H2,1-2H3. The van der Waals surface area contributed by atoms with E-state index in [0.717, 1.165) is 11.8 Å². The quantitative estimate of drug-likeness (QED) is 0.679. The molecule has 0 saturated heterocycles. The van der Waals surface area contributed by atoms with Gasteiger partial charge in [0, 0.05) is 12.5 Å². The van der Waals surface area contributed by atoms with Crippen LogP contribution in [-0.2, 0) is 16.5 Å². The predicted octanol–water partition coefficient (Wildman–Crippen LogP) is 3.36. The molecule has 0 spiro atoms. The van der Waals surface area contributed by atoms with Crippen molar-refractivity contribution < 1.29 is 17.0 Å². The van der Waals surface area contributed by atoms with Crippen molar-refractivity contribution in [3.63, 3.8) is 0 Å². The second-order valence-corrected chi connectivity index (χ2v) is 6.97. The van der Waals surface area contributed by atoms with Crippen molar-refractivity contribution >= 4 is 21.1 Å². The van der Waals surface area contributed by atoms with E-state index in [9.17, 15) is 13.2 Å². The summed E-state index contributed by atoms with van der Waals surface area (Å²) in [6, 6.07) is 13.7. The van der Waals surface area contributed by atoms with Gasteiger partial charge < -0.3 is 8.60 Å². The smallest absolute Gasteiger partial charge is 0.306 e. The zero-order valence-corrected chi connectivity index (χ0v) is 14.1. The Kier molecular flexibility index (Phi) is 4.15. The topological polar surface area (TPSA) is 73.6 Å². The van der Waals surface area contributed by atoms with Gasteiger partial charge in [0.15, 0.2) is 0 Å². The van der Waals surface area contributed by atoms with Gasteiger partial charge in [0.1, 0.15) is 17.1 Å². The molecule has 3 aromatic rings. The summed E-state index contributed by atoms with van der Waals surface area (Å²) in [6.45, 7) is 1.90.